The third kappa shape index (κ3) is 5.36. The molecule has 0 amide bonds. The molecule has 0 aliphatic carbocycles. The van der Waals surface area contributed by atoms with E-state index in [9.17, 15) is 0 Å². The van der Waals surface area contributed by atoms with Crippen molar-refractivity contribution in [2.75, 3.05) is 26.7 Å². The first-order valence-corrected chi connectivity index (χ1v) is 6.99. The van der Waals surface area contributed by atoms with Crippen LogP contribution in [0.3, 0.4) is 0 Å². The number of nitrogens with zero attached hydrogens (tertiary/aromatic N) is 1. The third-order valence-electron chi connectivity index (χ3n) is 3.61. The lowest BCUT2D eigenvalue weighted by Gasteiger charge is -2.39. The van der Waals surface area contributed by atoms with Crippen LogP contribution < -0.4 is 5.32 Å². The monoisotopic (exact) mass is 242 g/mol. The number of ether oxygens (including phenoxy) is 1. The van der Waals surface area contributed by atoms with E-state index in [1.165, 1.54) is 25.8 Å². The van der Waals surface area contributed by atoms with Crippen LogP contribution in [-0.2, 0) is 4.74 Å². The van der Waals surface area contributed by atoms with Gasteiger partial charge in [-0.3, -0.25) is 4.90 Å². The van der Waals surface area contributed by atoms with E-state index in [-0.39, 0.29) is 5.60 Å². The Bertz CT molecular complexity index is 213. The average molecular weight is 242 g/mol. The molecule has 0 aromatic rings. The fourth-order valence-corrected chi connectivity index (χ4v) is 2.52. The molecule has 0 radical (unpaired) electrons. The summed E-state index contributed by atoms with van der Waals surface area (Å²) in [6, 6.07) is 1.25. The fourth-order valence-electron chi connectivity index (χ4n) is 2.52. The summed E-state index contributed by atoms with van der Waals surface area (Å²) in [6.45, 7) is 11.8. The van der Waals surface area contributed by atoms with Crippen molar-refractivity contribution in [1.82, 2.24) is 10.2 Å². The summed E-state index contributed by atoms with van der Waals surface area (Å²) in [6.07, 6.45) is 4.02. The van der Waals surface area contributed by atoms with E-state index >= 15 is 0 Å². The van der Waals surface area contributed by atoms with Crippen LogP contribution in [-0.4, -0.2) is 49.3 Å². The minimum Gasteiger partial charge on any atom is -0.375 e. The van der Waals surface area contributed by atoms with E-state index < -0.39 is 0 Å². The number of nitrogens with one attached hydrogen (secondary N) is 1. The number of rotatable bonds is 5. The molecule has 0 aromatic carbocycles. The van der Waals surface area contributed by atoms with E-state index in [2.05, 4.69) is 45.0 Å². The predicted molar refractivity (Wildman–Crippen MR) is 73.4 cm³/mol. The lowest BCUT2D eigenvalue weighted by molar-refractivity contribution is -0.0230. The molecule has 2 atom stereocenters. The molecule has 1 rings (SSSR count). The van der Waals surface area contributed by atoms with Gasteiger partial charge in [0.1, 0.15) is 0 Å². The van der Waals surface area contributed by atoms with Crippen LogP contribution in [0.4, 0.5) is 0 Å². The van der Waals surface area contributed by atoms with Crippen molar-refractivity contribution < 1.29 is 4.74 Å². The van der Waals surface area contributed by atoms with Gasteiger partial charge in [-0.25, -0.2) is 0 Å². The van der Waals surface area contributed by atoms with Gasteiger partial charge in [-0.15, -0.1) is 0 Å². The zero-order valence-corrected chi connectivity index (χ0v) is 12.3. The molecule has 0 spiro atoms. The van der Waals surface area contributed by atoms with Crippen LogP contribution in [0.25, 0.3) is 0 Å². The Hall–Kier alpha value is -0.120. The highest BCUT2D eigenvalue weighted by molar-refractivity contribution is 4.84. The molecular formula is C14H30N2O. The van der Waals surface area contributed by atoms with Gasteiger partial charge in [0.25, 0.3) is 0 Å². The second-order valence-electron chi connectivity index (χ2n) is 6.14. The lowest BCUT2D eigenvalue weighted by atomic mass is 9.96. The molecule has 0 bridgehead atoms. The molecule has 1 N–H and O–H groups in total. The highest BCUT2D eigenvalue weighted by atomic mass is 16.5. The number of likely N-dealkylation sites (tertiary alicyclic amines) is 1. The molecule has 1 saturated heterocycles. The fraction of sp³-hybridized carbons (Fsp3) is 1.00. The van der Waals surface area contributed by atoms with Gasteiger partial charge in [0.15, 0.2) is 0 Å². The summed E-state index contributed by atoms with van der Waals surface area (Å²) in [5, 5.41) is 3.39. The van der Waals surface area contributed by atoms with Gasteiger partial charge in [-0.2, -0.15) is 0 Å². The maximum atomic E-state index is 5.83. The Morgan fingerprint density at radius 2 is 2.06 bits per heavy atom. The highest BCUT2D eigenvalue weighted by Crippen LogP contribution is 2.19. The van der Waals surface area contributed by atoms with Gasteiger partial charge >= 0.3 is 0 Å². The predicted octanol–water partition coefficient (Wildman–Crippen LogP) is 2.26. The third-order valence-corrected chi connectivity index (χ3v) is 3.61. The van der Waals surface area contributed by atoms with Crippen molar-refractivity contribution in [3.8, 4) is 0 Å². The van der Waals surface area contributed by atoms with Crippen molar-refractivity contribution in [1.29, 1.82) is 0 Å². The van der Waals surface area contributed by atoms with Crippen molar-refractivity contribution >= 4 is 0 Å². The van der Waals surface area contributed by atoms with Gasteiger partial charge in [0.05, 0.1) is 12.2 Å². The normalized spacial score (nSPS) is 24.9. The zero-order valence-electron chi connectivity index (χ0n) is 12.3. The largest absolute Gasteiger partial charge is 0.375 e. The summed E-state index contributed by atoms with van der Waals surface area (Å²) in [5.74, 6) is 0. The maximum absolute atomic E-state index is 5.83. The van der Waals surface area contributed by atoms with Gasteiger partial charge in [-0.05, 0) is 54.1 Å². The van der Waals surface area contributed by atoms with Gasteiger partial charge in [-0.1, -0.05) is 6.42 Å². The van der Waals surface area contributed by atoms with Gasteiger partial charge in [0.2, 0.25) is 0 Å². The zero-order chi connectivity index (χ0) is 12.9. The Morgan fingerprint density at radius 1 is 1.35 bits per heavy atom. The first-order chi connectivity index (χ1) is 7.94. The molecule has 1 fully saturated rings. The van der Waals surface area contributed by atoms with Crippen LogP contribution in [0.1, 0.15) is 47.0 Å². The number of likely N-dealkylation sites (N-methyl/N-ethyl adjacent to an activating group) is 1. The topological polar surface area (TPSA) is 24.5 Å². The molecular weight excluding hydrogens is 212 g/mol. The molecule has 17 heavy (non-hydrogen) atoms. The standard InChI is InChI=1S/C14H30N2O/c1-12(15-5)13-8-6-7-9-16(13)10-11-17-14(2,3)4/h12-13,15H,6-11H2,1-5H3. The maximum Gasteiger partial charge on any atom is 0.0600 e. The van der Waals surface area contributed by atoms with Crippen molar-refractivity contribution in [3.05, 3.63) is 0 Å². The van der Waals surface area contributed by atoms with Crippen molar-refractivity contribution in [2.24, 2.45) is 0 Å². The van der Waals surface area contributed by atoms with Crippen LogP contribution in [0.5, 0.6) is 0 Å². The second kappa shape index (κ2) is 6.72. The molecule has 2 unspecified atom stereocenters. The van der Waals surface area contributed by atoms with E-state index in [1.54, 1.807) is 0 Å². The quantitative estimate of drug-likeness (QED) is 0.800. The Labute approximate surface area is 107 Å². The van der Waals surface area contributed by atoms with Crippen molar-refractivity contribution in [2.45, 2.75) is 64.6 Å². The molecule has 0 saturated carbocycles. The minimum absolute atomic E-state index is 0.0140. The molecule has 1 aliphatic rings. The molecule has 1 heterocycles. The lowest BCUT2D eigenvalue weighted by Crippen LogP contribution is -2.51. The molecule has 3 nitrogen and oxygen atoms in total. The highest BCUT2D eigenvalue weighted by Gasteiger charge is 2.26. The van der Waals surface area contributed by atoms with E-state index in [0.717, 1.165) is 13.2 Å². The summed E-state index contributed by atoms with van der Waals surface area (Å²) in [4.78, 5) is 2.59. The van der Waals surface area contributed by atoms with Crippen LogP contribution >= 0.6 is 0 Å². The SMILES string of the molecule is CNC(C)C1CCCCN1CCOC(C)(C)C. The van der Waals surface area contributed by atoms with Gasteiger partial charge < -0.3 is 10.1 Å². The minimum atomic E-state index is -0.0140. The number of hydrogen-bond donors (Lipinski definition) is 1. The van der Waals surface area contributed by atoms with Crippen LogP contribution in [0.2, 0.25) is 0 Å². The summed E-state index contributed by atoms with van der Waals surface area (Å²) < 4.78 is 5.83. The summed E-state index contributed by atoms with van der Waals surface area (Å²) >= 11 is 0. The second-order valence-corrected chi connectivity index (χ2v) is 6.14. The Morgan fingerprint density at radius 3 is 2.65 bits per heavy atom. The van der Waals surface area contributed by atoms with E-state index in [0.29, 0.717) is 12.1 Å². The summed E-state index contributed by atoms with van der Waals surface area (Å²) in [5.41, 5.74) is -0.0140. The van der Waals surface area contributed by atoms with Crippen molar-refractivity contribution in [3.63, 3.8) is 0 Å². The van der Waals surface area contributed by atoms with Crippen LogP contribution in [0, 0.1) is 0 Å². The summed E-state index contributed by atoms with van der Waals surface area (Å²) in [7, 11) is 2.06. The Balaban J connectivity index is 2.38. The van der Waals surface area contributed by atoms with E-state index in [1.807, 2.05) is 0 Å². The molecule has 3 heteroatoms. The molecule has 0 aromatic heterocycles. The molecule has 1 aliphatic heterocycles. The first kappa shape index (κ1) is 14.9. The van der Waals surface area contributed by atoms with Gasteiger partial charge in [0, 0.05) is 18.6 Å². The number of piperidine rings is 1. The van der Waals surface area contributed by atoms with Crippen LogP contribution in [0.15, 0.2) is 0 Å². The average Bonchev–Trinajstić information content (AvgIpc) is 2.27. The Kier molecular flexibility index (Phi) is 5.90. The first-order valence-electron chi connectivity index (χ1n) is 6.99. The van der Waals surface area contributed by atoms with E-state index in [4.69, 9.17) is 4.74 Å². The number of hydrogen-bond acceptors (Lipinski definition) is 3. The molecule has 102 valence electrons. The smallest absolute Gasteiger partial charge is 0.0600 e.